The Labute approximate surface area is 362 Å². The number of imidazole rings is 1. The fourth-order valence-corrected chi connectivity index (χ4v) is 10.0. The molecule has 1 saturated carbocycles. The highest BCUT2D eigenvalue weighted by Gasteiger charge is 2.42. The number of carbonyl (C=O) groups excluding carboxylic acids is 3. The van der Waals surface area contributed by atoms with E-state index < -0.39 is 36.3 Å². The van der Waals surface area contributed by atoms with E-state index in [-0.39, 0.29) is 40.8 Å². The summed E-state index contributed by atoms with van der Waals surface area (Å²) in [5.41, 5.74) is 2.14. The number of hydrogen-bond donors (Lipinski definition) is 4. The summed E-state index contributed by atoms with van der Waals surface area (Å²) in [6.07, 6.45) is -0.690. The zero-order chi connectivity index (χ0) is 44.0. The summed E-state index contributed by atoms with van der Waals surface area (Å²) in [4.78, 5) is 67.8. The number of benzene rings is 3. The van der Waals surface area contributed by atoms with Crippen LogP contribution in [0.25, 0.3) is 32.9 Å². The molecular weight excluding hydrogens is 822 g/mol. The van der Waals surface area contributed by atoms with Gasteiger partial charge in [-0.2, -0.15) is 0 Å². The van der Waals surface area contributed by atoms with E-state index in [0.717, 1.165) is 44.2 Å². The summed E-state index contributed by atoms with van der Waals surface area (Å²) < 4.78 is 51.6. The van der Waals surface area contributed by atoms with Gasteiger partial charge >= 0.3 is 18.5 Å². The molecule has 1 aromatic heterocycles. The average Bonchev–Trinajstić information content (AvgIpc) is 3.91. The lowest BCUT2D eigenvalue weighted by Gasteiger charge is -2.42. The van der Waals surface area contributed by atoms with Crippen molar-refractivity contribution in [1.29, 1.82) is 0 Å². The molecule has 4 aliphatic heterocycles. The summed E-state index contributed by atoms with van der Waals surface area (Å²) >= 11 is 0. The zero-order valence-corrected chi connectivity index (χ0v) is 35.2. The molecule has 15 nitrogen and oxygen atoms in total. The largest absolute Gasteiger partial charge is 0.573 e. The maximum absolute atomic E-state index is 14.1. The van der Waals surface area contributed by atoms with E-state index in [9.17, 15) is 37.5 Å². The minimum atomic E-state index is -5.00. The lowest BCUT2D eigenvalue weighted by atomic mass is 9.90. The molecule has 4 N–H and O–H groups in total. The molecule has 5 aliphatic rings. The van der Waals surface area contributed by atoms with E-state index in [2.05, 4.69) is 25.3 Å². The smallest absolute Gasteiger partial charge is 0.465 e. The summed E-state index contributed by atoms with van der Waals surface area (Å²) in [7, 11) is 0. The number of alkyl halides is 3. The van der Waals surface area contributed by atoms with Gasteiger partial charge in [0.1, 0.15) is 17.6 Å². The maximum atomic E-state index is 14.1. The van der Waals surface area contributed by atoms with Gasteiger partial charge in [-0.1, -0.05) is 25.1 Å². The van der Waals surface area contributed by atoms with Crippen molar-refractivity contribution in [3.8, 4) is 16.9 Å². The molecule has 0 unspecified atom stereocenters. The lowest BCUT2D eigenvalue weighted by Crippen LogP contribution is -2.55. The van der Waals surface area contributed by atoms with Gasteiger partial charge in [0.05, 0.1) is 17.1 Å². The number of piperazine rings is 1. The number of anilines is 1. The van der Waals surface area contributed by atoms with Gasteiger partial charge in [0.25, 0.3) is 0 Å². The molecule has 5 heterocycles. The third-order valence-corrected chi connectivity index (χ3v) is 13.5. The molecule has 5 fully saturated rings. The van der Waals surface area contributed by atoms with Gasteiger partial charge in [-0.05, 0) is 92.0 Å². The number of nitrogens with one attached hydrogen (secondary N) is 3. The van der Waals surface area contributed by atoms with Crippen LogP contribution in [0.15, 0.2) is 48.5 Å². The number of likely N-dealkylation sites (tertiary alicyclic amines) is 2. The second-order valence-electron chi connectivity index (χ2n) is 17.8. The molecule has 5 amide bonds. The highest BCUT2D eigenvalue weighted by Crippen LogP contribution is 2.40. The summed E-state index contributed by atoms with van der Waals surface area (Å²) in [5, 5.41) is 16.3. The molecule has 9 rings (SSSR count). The van der Waals surface area contributed by atoms with Crippen LogP contribution < -0.4 is 15.4 Å². The van der Waals surface area contributed by atoms with E-state index >= 15 is 0 Å². The van der Waals surface area contributed by atoms with E-state index in [4.69, 9.17) is 9.72 Å². The van der Waals surface area contributed by atoms with Crippen molar-refractivity contribution in [2.24, 2.45) is 17.8 Å². The number of fused-ring (bicyclic) bond motifs is 3. The highest BCUT2D eigenvalue weighted by molar-refractivity contribution is 6.05. The second-order valence-corrected chi connectivity index (χ2v) is 17.8. The summed E-state index contributed by atoms with van der Waals surface area (Å²) in [6, 6.07) is 11.8. The molecule has 1 aliphatic carbocycles. The summed E-state index contributed by atoms with van der Waals surface area (Å²) in [5.74, 6) is 0.260. The monoisotopic (exact) mass is 874 g/mol. The Morgan fingerprint density at radius 1 is 0.905 bits per heavy atom. The van der Waals surface area contributed by atoms with Crippen molar-refractivity contribution in [2.75, 3.05) is 64.3 Å². The number of H-pyrrole nitrogens is 1. The number of carbonyl (C=O) groups is 4. The molecule has 4 aromatic rings. The van der Waals surface area contributed by atoms with Gasteiger partial charge in [0, 0.05) is 93.7 Å². The fraction of sp³-hybridized carbons (Fsp3) is 0.533. The molecule has 336 valence electrons. The van der Waals surface area contributed by atoms with Crippen LogP contribution >= 0.6 is 0 Å². The van der Waals surface area contributed by atoms with Gasteiger partial charge in [-0.3, -0.25) is 14.5 Å². The predicted octanol–water partition coefficient (Wildman–Crippen LogP) is 6.80. The first kappa shape index (κ1) is 42.7. The van der Waals surface area contributed by atoms with Crippen molar-refractivity contribution >= 4 is 51.4 Å². The van der Waals surface area contributed by atoms with Gasteiger partial charge in [-0.15, -0.1) is 13.2 Å². The van der Waals surface area contributed by atoms with Crippen molar-refractivity contribution in [3.63, 3.8) is 0 Å². The first-order valence-corrected chi connectivity index (χ1v) is 22.1. The minimum absolute atomic E-state index is 0.139. The third-order valence-electron chi connectivity index (χ3n) is 13.5. The van der Waals surface area contributed by atoms with Crippen molar-refractivity contribution in [3.05, 3.63) is 54.4 Å². The fourth-order valence-electron chi connectivity index (χ4n) is 10.0. The number of ether oxygens (including phenoxy) is 2. The lowest BCUT2D eigenvalue weighted by molar-refractivity contribution is -0.274. The molecule has 4 saturated heterocycles. The second kappa shape index (κ2) is 17.5. The number of aromatic amines is 1. The number of amides is 5. The number of aromatic nitrogens is 2. The number of nitrogens with zero attached hydrogens (tertiary/aromatic N) is 5. The van der Waals surface area contributed by atoms with E-state index in [1.54, 1.807) is 34.1 Å². The van der Waals surface area contributed by atoms with Crippen LogP contribution in [0.3, 0.4) is 0 Å². The minimum Gasteiger partial charge on any atom is -0.465 e. The van der Waals surface area contributed by atoms with Gasteiger partial charge < -0.3 is 44.9 Å². The first-order valence-electron chi connectivity index (χ1n) is 22.1. The van der Waals surface area contributed by atoms with Gasteiger partial charge in [0.15, 0.2) is 0 Å². The molecule has 3 atom stereocenters. The van der Waals surface area contributed by atoms with Gasteiger partial charge in [-0.25, -0.2) is 14.6 Å². The third kappa shape index (κ3) is 9.37. The molecule has 3 aromatic carbocycles. The number of piperidine rings is 1. The van der Waals surface area contributed by atoms with Gasteiger partial charge in [0.2, 0.25) is 11.8 Å². The molecule has 0 radical (unpaired) electrons. The van der Waals surface area contributed by atoms with Crippen LogP contribution in [-0.2, 0) is 14.3 Å². The Kier molecular flexibility index (Phi) is 11.9. The van der Waals surface area contributed by atoms with Crippen LogP contribution in [-0.4, -0.2) is 136 Å². The Balaban J connectivity index is 0.894. The normalized spacial score (nSPS) is 22.4. The quantitative estimate of drug-likeness (QED) is 0.141. The molecule has 63 heavy (non-hydrogen) atoms. The van der Waals surface area contributed by atoms with Crippen molar-refractivity contribution in [1.82, 2.24) is 34.9 Å². The van der Waals surface area contributed by atoms with E-state index in [1.807, 2.05) is 24.0 Å². The average molecular weight is 875 g/mol. The SMILES string of the molecule is C[C@H]1C[C@@H](c2nc3c(ccc4cc(-c5ccc(NC(=O)N6CCN(C7CCN(C(=O)C8CC8)CC7)CC6)cc5OC(F)(F)F)ccc43)[nH]2)N(C(=O)[C@@H](NC(=O)O)C2CCOCC2)C1. The highest BCUT2D eigenvalue weighted by atomic mass is 19.4. The topological polar surface area (TPSA) is 173 Å². The zero-order valence-electron chi connectivity index (χ0n) is 35.2. The predicted molar refractivity (Wildman–Crippen MR) is 227 cm³/mol. The van der Waals surface area contributed by atoms with Crippen LogP contribution in [0, 0.1) is 17.8 Å². The molecule has 18 heteroatoms. The molecule has 0 bridgehead atoms. The maximum Gasteiger partial charge on any atom is 0.573 e. The number of carboxylic acid groups (broad SMARTS) is 1. The van der Waals surface area contributed by atoms with Crippen LogP contribution in [0.4, 0.5) is 28.4 Å². The first-order chi connectivity index (χ1) is 30.3. The Morgan fingerprint density at radius 2 is 1.65 bits per heavy atom. The summed E-state index contributed by atoms with van der Waals surface area (Å²) in [6.45, 7) is 7.19. The van der Waals surface area contributed by atoms with Crippen LogP contribution in [0.2, 0.25) is 0 Å². The van der Waals surface area contributed by atoms with E-state index in [0.29, 0.717) is 99.0 Å². The Hall–Kier alpha value is -5.62. The van der Waals surface area contributed by atoms with Crippen molar-refractivity contribution in [2.45, 2.75) is 76.4 Å². The Morgan fingerprint density at radius 3 is 2.35 bits per heavy atom. The number of urea groups is 1. The van der Waals surface area contributed by atoms with E-state index in [1.165, 1.54) is 12.1 Å². The van der Waals surface area contributed by atoms with Crippen LogP contribution in [0.1, 0.15) is 63.7 Å². The molecule has 0 spiro atoms. The number of halogens is 3. The Bertz CT molecular complexity index is 2370. The number of rotatable bonds is 9. The molecular formula is C45H53F3N8O7. The van der Waals surface area contributed by atoms with Crippen LogP contribution in [0.5, 0.6) is 5.75 Å². The van der Waals surface area contributed by atoms with Crippen molar-refractivity contribution < 1.29 is 46.9 Å². The standard InChI is InChI=1S/C45H53F3N8O7/c1-26-22-36(56(25-26)42(58)38(52-44(60)61)27-12-20-62-21-13-27)40-50-35-9-5-30-23-29(4-7-34(30)39(35)51-40)33-8-6-31(24-37(33)63-45(46,47)48)49-43(59)55-18-16-53(17-19-55)32-10-14-54(15-11-32)41(57)28-2-3-28/h4-9,23-24,26-28,32,36,38,52H,2-3,10-22,25H2,1H3,(H,49,59)(H,50,51)(H,60,61)/t26-,36-,38-/m0/s1. The number of hydrogen-bond acceptors (Lipinski definition) is 8.